The van der Waals surface area contributed by atoms with Crippen LogP contribution in [0.15, 0.2) is 34.9 Å². The second-order valence-electron chi connectivity index (χ2n) is 5.93. The molecule has 0 aliphatic carbocycles. The molecule has 2 heterocycles. The molecule has 0 bridgehead atoms. The number of oxazole rings is 1. The largest absolute Gasteiger partial charge is 0.449 e. The summed E-state index contributed by atoms with van der Waals surface area (Å²) in [6.07, 6.45) is 3.27. The summed E-state index contributed by atoms with van der Waals surface area (Å²) in [4.78, 5) is 16.4. The van der Waals surface area contributed by atoms with Crippen LogP contribution in [-0.4, -0.2) is 36.3 Å². The normalized spacial score (nSPS) is 18.5. The Kier molecular flexibility index (Phi) is 5.27. The van der Waals surface area contributed by atoms with E-state index in [1.807, 2.05) is 24.3 Å². The van der Waals surface area contributed by atoms with Crippen LogP contribution in [0.5, 0.6) is 0 Å². The predicted molar refractivity (Wildman–Crippen MR) is 89.7 cm³/mol. The van der Waals surface area contributed by atoms with Gasteiger partial charge >= 0.3 is 0 Å². The van der Waals surface area contributed by atoms with Crippen molar-refractivity contribution >= 4 is 11.6 Å². The van der Waals surface area contributed by atoms with E-state index in [0.29, 0.717) is 12.5 Å². The first-order chi connectivity index (χ1) is 11.6. The van der Waals surface area contributed by atoms with Crippen molar-refractivity contribution in [1.82, 2.24) is 4.98 Å². The summed E-state index contributed by atoms with van der Waals surface area (Å²) in [7, 11) is 0. The van der Waals surface area contributed by atoms with Crippen LogP contribution in [0.4, 0.5) is 5.69 Å². The fourth-order valence-electron chi connectivity index (χ4n) is 2.57. The van der Waals surface area contributed by atoms with Crippen molar-refractivity contribution in [1.29, 1.82) is 0 Å². The Morgan fingerprint density at radius 3 is 2.83 bits per heavy atom. The number of benzene rings is 1. The lowest BCUT2D eigenvalue weighted by molar-refractivity contribution is -0.128. The van der Waals surface area contributed by atoms with Crippen molar-refractivity contribution in [3.05, 3.63) is 36.4 Å². The number of ether oxygens (including phenoxy) is 2. The first-order valence-corrected chi connectivity index (χ1v) is 8.18. The Balaban J connectivity index is 1.52. The summed E-state index contributed by atoms with van der Waals surface area (Å²) < 4.78 is 16.3. The molecule has 2 unspecified atom stereocenters. The Labute approximate surface area is 141 Å². The van der Waals surface area contributed by atoms with E-state index in [2.05, 4.69) is 10.3 Å². The highest BCUT2D eigenvalue weighted by molar-refractivity contribution is 5.94. The molecule has 1 aromatic carbocycles. The van der Waals surface area contributed by atoms with Gasteiger partial charge in [0.25, 0.3) is 5.91 Å². The molecule has 0 radical (unpaired) electrons. The SMILES string of the molecule is Cc1nc(-c2ccc(NC(=O)C(C)OCC3CCCO3)cc2)co1. The number of rotatable bonds is 6. The van der Waals surface area contributed by atoms with Gasteiger partial charge < -0.3 is 19.2 Å². The number of hydrogen-bond acceptors (Lipinski definition) is 5. The van der Waals surface area contributed by atoms with Crippen LogP contribution in [0.2, 0.25) is 0 Å². The first kappa shape index (κ1) is 16.7. The average molecular weight is 330 g/mol. The molecule has 0 saturated carbocycles. The quantitative estimate of drug-likeness (QED) is 0.880. The maximum atomic E-state index is 12.2. The minimum Gasteiger partial charge on any atom is -0.449 e. The van der Waals surface area contributed by atoms with Crippen LogP contribution >= 0.6 is 0 Å². The van der Waals surface area contributed by atoms with Crippen LogP contribution in [0.3, 0.4) is 0 Å². The molecule has 6 heteroatoms. The molecule has 128 valence electrons. The van der Waals surface area contributed by atoms with Gasteiger partial charge in [0.15, 0.2) is 5.89 Å². The molecule has 2 aromatic rings. The topological polar surface area (TPSA) is 73.6 Å². The lowest BCUT2D eigenvalue weighted by Crippen LogP contribution is -2.30. The summed E-state index contributed by atoms with van der Waals surface area (Å²) in [6, 6.07) is 7.46. The summed E-state index contributed by atoms with van der Waals surface area (Å²) in [5.41, 5.74) is 2.43. The Morgan fingerprint density at radius 1 is 1.42 bits per heavy atom. The molecule has 1 aromatic heterocycles. The summed E-state index contributed by atoms with van der Waals surface area (Å²) in [6.45, 7) is 4.79. The van der Waals surface area contributed by atoms with Gasteiger partial charge in [-0.05, 0) is 31.9 Å². The van der Waals surface area contributed by atoms with E-state index in [-0.39, 0.29) is 12.0 Å². The zero-order chi connectivity index (χ0) is 16.9. The van der Waals surface area contributed by atoms with E-state index in [4.69, 9.17) is 13.9 Å². The minimum atomic E-state index is -0.521. The van der Waals surface area contributed by atoms with Gasteiger partial charge in [0.2, 0.25) is 0 Å². The van der Waals surface area contributed by atoms with Gasteiger partial charge in [0.1, 0.15) is 18.1 Å². The van der Waals surface area contributed by atoms with Crippen LogP contribution in [0, 0.1) is 6.92 Å². The predicted octanol–water partition coefficient (Wildman–Crippen LogP) is 3.17. The fourth-order valence-corrected chi connectivity index (χ4v) is 2.57. The highest BCUT2D eigenvalue weighted by atomic mass is 16.5. The number of nitrogens with one attached hydrogen (secondary N) is 1. The van der Waals surface area contributed by atoms with Crippen molar-refractivity contribution < 1.29 is 18.7 Å². The third-order valence-electron chi connectivity index (χ3n) is 3.99. The number of hydrogen-bond donors (Lipinski definition) is 1. The van der Waals surface area contributed by atoms with E-state index in [1.54, 1.807) is 20.1 Å². The van der Waals surface area contributed by atoms with Crippen molar-refractivity contribution in [2.75, 3.05) is 18.5 Å². The van der Waals surface area contributed by atoms with Crippen LogP contribution in [0.1, 0.15) is 25.7 Å². The molecule has 6 nitrogen and oxygen atoms in total. The standard InChI is InChI=1S/C18H22N2O4/c1-12(23-10-16-4-3-9-22-16)18(21)20-15-7-5-14(6-8-15)17-11-24-13(2)19-17/h5-8,11-12,16H,3-4,9-10H2,1-2H3,(H,20,21). The molecule has 1 saturated heterocycles. The maximum Gasteiger partial charge on any atom is 0.253 e. The lowest BCUT2D eigenvalue weighted by Gasteiger charge is -2.16. The second kappa shape index (κ2) is 7.59. The number of nitrogens with zero attached hydrogens (tertiary/aromatic N) is 1. The van der Waals surface area contributed by atoms with Gasteiger partial charge in [-0.25, -0.2) is 4.98 Å². The molecule has 3 rings (SSSR count). The highest BCUT2D eigenvalue weighted by Crippen LogP contribution is 2.21. The molecule has 1 fully saturated rings. The van der Waals surface area contributed by atoms with Gasteiger partial charge in [0, 0.05) is 24.8 Å². The van der Waals surface area contributed by atoms with E-state index < -0.39 is 6.10 Å². The van der Waals surface area contributed by atoms with Gasteiger partial charge in [-0.2, -0.15) is 0 Å². The number of anilines is 1. The van der Waals surface area contributed by atoms with E-state index in [1.165, 1.54) is 0 Å². The van der Waals surface area contributed by atoms with Crippen molar-refractivity contribution in [2.24, 2.45) is 0 Å². The van der Waals surface area contributed by atoms with Crippen LogP contribution in [0.25, 0.3) is 11.3 Å². The van der Waals surface area contributed by atoms with E-state index in [9.17, 15) is 4.79 Å². The third kappa shape index (κ3) is 4.21. The van der Waals surface area contributed by atoms with Gasteiger partial charge in [-0.3, -0.25) is 4.79 Å². The fraction of sp³-hybridized carbons (Fsp3) is 0.444. The third-order valence-corrected chi connectivity index (χ3v) is 3.99. The Morgan fingerprint density at radius 2 is 2.21 bits per heavy atom. The summed E-state index contributed by atoms with van der Waals surface area (Å²) in [5, 5.41) is 2.85. The minimum absolute atomic E-state index is 0.116. The van der Waals surface area contributed by atoms with Crippen LogP contribution < -0.4 is 5.32 Å². The zero-order valence-corrected chi connectivity index (χ0v) is 14.0. The van der Waals surface area contributed by atoms with Crippen molar-refractivity contribution in [3.8, 4) is 11.3 Å². The Bertz CT molecular complexity index is 675. The summed E-state index contributed by atoms with van der Waals surface area (Å²) >= 11 is 0. The molecule has 1 N–H and O–H groups in total. The number of carbonyl (C=O) groups excluding carboxylic acids is 1. The molecule has 1 aliphatic heterocycles. The maximum absolute atomic E-state index is 12.2. The zero-order valence-electron chi connectivity index (χ0n) is 14.0. The average Bonchev–Trinajstić information content (AvgIpc) is 3.25. The highest BCUT2D eigenvalue weighted by Gasteiger charge is 2.20. The van der Waals surface area contributed by atoms with E-state index in [0.717, 1.165) is 36.4 Å². The number of amides is 1. The van der Waals surface area contributed by atoms with E-state index >= 15 is 0 Å². The molecule has 0 spiro atoms. The number of aromatic nitrogens is 1. The summed E-state index contributed by atoms with van der Waals surface area (Å²) in [5.74, 6) is 0.456. The van der Waals surface area contributed by atoms with Gasteiger partial charge in [0.05, 0.1) is 12.7 Å². The lowest BCUT2D eigenvalue weighted by atomic mass is 10.1. The smallest absolute Gasteiger partial charge is 0.253 e. The van der Waals surface area contributed by atoms with Crippen molar-refractivity contribution in [3.63, 3.8) is 0 Å². The molecular formula is C18H22N2O4. The monoisotopic (exact) mass is 330 g/mol. The molecule has 1 aliphatic rings. The van der Waals surface area contributed by atoms with Crippen LogP contribution in [-0.2, 0) is 14.3 Å². The Hall–Kier alpha value is -2.18. The van der Waals surface area contributed by atoms with Gasteiger partial charge in [-0.1, -0.05) is 12.1 Å². The van der Waals surface area contributed by atoms with Crippen molar-refractivity contribution in [2.45, 2.75) is 38.9 Å². The van der Waals surface area contributed by atoms with Gasteiger partial charge in [-0.15, -0.1) is 0 Å². The molecule has 2 atom stereocenters. The molecular weight excluding hydrogens is 308 g/mol. The number of aryl methyl sites for hydroxylation is 1. The molecule has 24 heavy (non-hydrogen) atoms. The second-order valence-corrected chi connectivity index (χ2v) is 5.93. The first-order valence-electron chi connectivity index (χ1n) is 8.18. The number of carbonyl (C=O) groups is 1. The molecule has 1 amide bonds.